The number of nitrogens with zero attached hydrogens (tertiary/aromatic N) is 2. The van der Waals surface area contributed by atoms with Gasteiger partial charge in [0.15, 0.2) is 0 Å². The fourth-order valence-electron chi connectivity index (χ4n) is 1.42. The van der Waals surface area contributed by atoms with Crippen LogP contribution in [0.3, 0.4) is 0 Å². The number of nitriles is 1. The average Bonchev–Trinajstić information content (AvgIpc) is 2.16. The second-order valence-corrected chi connectivity index (χ2v) is 3.85. The molecule has 0 saturated carbocycles. The van der Waals surface area contributed by atoms with Crippen LogP contribution in [0.25, 0.3) is 10.9 Å². The summed E-state index contributed by atoms with van der Waals surface area (Å²) in [6, 6.07) is 9.90. The molecular weight excluding hydrogens is 191 g/mol. The molecule has 0 bridgehead atoms. The second kappa shape index (κ2) is 3.36. The fraction of sp³-hybridized carbons (Fsp3) is 0.0909. The molecule has 2 nitrogen and oxygen atoms in total. The minimum Gasteiger partial charge on any atom is -0.237 e. The van der Waals surface area contributed by atoms with Gasteiger partial charge in [-0.25, -0.2) is 4.98 Å². The number of aromatic nitrogens is 1. The minimum absolute atomic E-state index is 0.466. The normalized spacial score (nSPS) is 10.1. The number of benzene rings is 1. The molecule has 1 aromatic carbocycles. The molecule has 0 radical (unpaired) electrons. The lowest BCUT2D eigenvalue weighted by atomic mass is 10.1. The Kier molecular flexibility index (Phi) is 2.19. The van der Waals surface area contributed by atoms with Crippen molar-refractivity contribution in [3.63, 3.8) is 0 Å². The van der Waals surface area contributed by atoms with E-state index in [0.717, 1.165) is 21.8 Å². The molecule has 1 unspecified atom stereocenters. The molecule has 68 valence electrons. The number of rotatable bonds is 0. The summed E-state index contributed by atoms with van der Waals surface area (Å²) in [6.45, 7) is 2.02. The van der Waals surface area contributed by atoms with Gasteiger partial charge in [-0.15, -0.1) is 9.24 Å². The molecule has 3 heteroatoms. The van der Waals surface area contributed by atoms with E-state index in [2.05, 4.69) is 20.3 Å². The zero-order chi connectivity index (χ0) is 10.1. The van der Waals surface area contributed by atoms with Gasteiger partial charge in [0.25, 0.3) is 0 Å². The molecule has 0 aliphatic rings. The molecule has 0 fully saturated rings. The average molecular weight is 200 g/mol. The first-order valence-corrected chi connectivity index (χ1v) is 4.85. The van der Waals surface area contributed by atoms with Gasteiger partial charge in [-0.1, -0.05) is 12.1 Å². The van der Waals surface area contributed by atoms with Crippen molar-refractivity contribution in [2.24, 2.45) is 0 Å². The summed E-state index contributed by atoms with van der Waals surface area (Å²) in [5.41, 5.74) is 2.51. The van der Waals surface area contributed by atoms with Gasteiger partial charge in [0, 0.05) is 5.39 Å². The first-order chi connectivity index (χ1) is 6.70. The van der Waals surface area contributed by atoms with Crippen molar-refractivity contribution in [3.8, 4) is 6.07 Å². The first-order valence-electron chi connectivity index (χ1n) is 4.27. The van der Waals surface area contributed by atoms with E-state index in [1.165, 1.54) is 0 Å². The van der Waals surface area contributed by atoms with E-state index in [0.29, 0.717) is 5.69 Å². The second-order valence-electron chi connectivity index (χ2n) is 3.23. The van der Waals surface area contributed by atoms with Crippen LogP contribution in [0.4, 0.5) is 0 Å². The molecule has 2 rings (SSSR count). The predicted molar refractivity (Wildman–Crippen MR) is 60.5 cm³/mol. The van der Waals surface area contributed by atoms with Gasteiger partial charge < -0.3 is 0 Å². The molecule has 1 heterocycles. The van der Waals surface area contributed by atoms with E-state index in [4.69, 9.17) is 5.26 Å². The van der Waals surface area contributed by atoms with Crippen LogP contribution in [0.15, 0.2) is 24.3 Å². The van der Waals surface area contributed by atoms with E-state index < -0.39 is 0 Å². The summed E-state index contributed by atoms with van der Waals surface area (Å²) < 4.78 is 0. The maximum absolute atomic E-state index is 8.77. The highest BCUT2D eigenvalue weighted by molar-refractivity contribution is 7.28. The lowest BCUT2D eigenvalue weighted by molar-refractivity contribution is 1.32. The van der Waals surface area contributed by atoms with Gasteiger partial charge in [0.1, 0.15) is 11.8 Å². The Labute approximate surface area is 84.8 Å². The van der Waals surface area contributed by atoms with Gasteiger partial charge >= 0.3 is 0 Å². The van der Waals surface area contributed by atoms with Crippen LogP contribution >= 0.6 is 9.24 Å². The highest BCUT2D eigenvalue weighted by atomic mass is 31.0. The standard InChI is InChI=1S/C11H9N2P/c1-7-2-3-9-10(4-7)13-8(6-12)5-11(9)14/h2-5H,14H2,1H3. The number of hydrogen-bond donors (Lipinski definition) is 0. The summed E-state index contributed by atoms with van der Waals surface area (Å²) in [5, 5.41) is 10.9. The van der Waals surface area contributed by atoms with Crippen molar-refractivity contribution < 1.29 is 0 Å². The van der Waals surface area contributed by atoms with Gasteiger partial charge in [-0.2, -0.15) is 5.26 Å². The number of pyridine rings is 1. The minimum atomic E-state index is 0.466. The van der Waals surface area contributed by atoms with Gasteiger partial charge in [0.2, 0.25) is 0 Å². The van der Waals surface area contributed by atoms with Crippen molar-refractivity contribution >= 4 is 25.4 Å². The molecule has 0 amide bonds. The molecule has 0 aliphatic heterocycles. The maximum Gasteiger partial charge on any atom is 0.141 e. The zero-order valence-electron chi connectivity index (χ0n) is 7.78. The van der Waals surface area contributed by atoms with Crippen molar-refractivity contribution in [2.45, 2.75) is 6.92 Å². The van der Waals surface area contributed by atoms with E-state index >= 15 is 0 Å². The Balaban J connectivity index is 2.85. The van der Waals surface area contributed by atoms with Crippen molar-refractivity contribution in [3.05, 3.63) is 35.5 Å². The third-order valence-corrected chi connectivity index (χ3v) is 2.59. The molecule has 2 aromatic rings. The Bertz CT molecular complexity index is 541. The van der Waals surface area contributed by atoms with Crippen LogP contribution in [0.5, 0.6) is 0 Å². The van der Waals surface area contributed by atoms with Gasteiger partial charge in [-0.05, 0) is 29.9 Å². The lowest BCUT2D eigenvalue weighted by Crippen LogP contribution is -1.98. The van der Waals surface area contributed by atoms with Crippen LogP contribution in [-0.4, -0.2) is 4.98 Å². The zero-order valence-corrected chi connectivity index (χ0v) is 8.94. The Morgan fingerprint density at radius 2 is 2.14 bits per heavy atom. The molecule has 0 N–H and O–H groups in total. The third kappa shape index (κ3) is 1.47. The first kappa shape index (κ1) is 9.12. The van der Waals surface area contributed by atoms with Crippen molar-refractivity contribution in [1.82, 2.24) is 4.98 Å². The summed E-state index contributed by atoms with van der Waals surface area (Å²) >= 11 is 0. The highest BCUT2D eigenvalue weighted by Gasteiger charge is 2.01. The van der Waals surface area contributed by atoms with E-state index in [9.17, 15) is 0 Å². The van der Waals surface area contributed by atoms with Crippen LogP contribution < -0.4 is 5.30 Å². The Hall–Kier alpha value is -1.45. The molecule has 1 aromatic heterocycles. The molecule has 1 atom stereocenters. The Morgan fingerprint density at radius 1 is 1.36 bits per heavy atom. The maximum atomic E-state index is 8.77. The largest absolute Gasteiger partial charge is 0.237 e. The highest BCUT2D eigenvalue weighted by Crippen LogP contribution is 2.14. The number of aryl methyl sites for hydroxylation is 1. The molecule has 0 spiro atoms. The summed E-state index contributed by atoms with van der Waals surface area (Å²) in [5.74, 6) is 0. The predicted octanol–water partition coefficient (Wildman–Crippen LogP) is 1.92. The van der Waals surface area contributed by atoms with Crippen LogP contribution in [0.1, 0.15) is 11.3 Å². The fourth-order valence-corrected chi connectivity index (χ4v) is 1.82. The summed E-state index contributed by atoms with van der Waals surface area (Å²) in [7, 11) is 2.63. The molecule has 0 saturated heterocycles. The van der Waals surface area contributed by atoms with Crippen molar-refractivity contribution in [2.75, 3.05) is 0 Å². The van der Waals surface area contributed by atoms with E-state index in [-0.39, 0.29) is 0 Å². The quantitative estimate of drug-likeness (QED) is 0.609. The molecule has 14 heavy (non-hydrogen) atoms. The monoisotopic (exact) mass is 200 g/mol. The topological polar surface area (TPSA) is 36.7 Å². The van der Waals surface area contributed by atoms with Crippen LogP contribution in [0, 0.1) is 18.3 Å². The third-order valence-electron chi connectivity index (χ3n) is 2.11. The SMILES string of the molecule is Cc1ccc2c(P)cc(C#N)nc2c1. The lowest BCUT2D eigenvalue weighted by Gasteiger charge is -2.02. The van der Waals surface area contributed by atoms with Crippen LogP contribution in [0.2, 0.25) is 0 Å². The van der Waals surface area contributed by atoms with Crippen LogP contribution in [-0.2, 0) is 0 Å². The smallest absolute Gasteiger partial charge is 0.141 e. The van der Waals surface area contributed by atoms with E-state index in [1.54, 1.807) is 6.07 Å². The molecular formula is C11H9N2P. The molecule has 0 aliphatic carbocycles. The number of hydrogen-bond acceptors (Lipinski definition) is 2. The summed E-state index contributed by atoms with van der Waals surface area (Å²) in [4.78, 5) is 4.24. The van der Waals surface area contributed by atoms with Gasteiger partial charge in [0.05, 0.1) is 5.52 Å². The van der Waals surface area contributed by atoms with Crippen molar-refractivity contribution in [1.29, 1.82) is 5.26 Å². The van der Waals surface area contributed by atoms with E-state index in [1.807, 2.05) is 25.1 Å². The van der Waals surface area contributed by atoms with Gasteiger partial charge in [-0.3, -0.25) is 0 Å². The Morgan fingerprint density at radius 3 is 2.86 bits per heavy atom. The summed E-state index contributed by atoms with van der Waals surface area (Å²) in [6.07, 6.45) is 0. The number of fused-ring (bicyclic) bond motifs is 1.